The number of rotatable bonds is 3. The summed E-state index contributed by atoms with van der Waals surface area (Å²) in [5.74, 6) is 0.587. The second-order valence-electron chi connectivity index (χ2n) is 3.29. The second kappa shape index (κ2) is 4.95. The molecule has 1 rings (SSSR count). The Balaban J connectivity index is 2.85. The minimum absolute atomic E-state index is 0.477. The van der Waals surface area contributed by atoms with Crippen LogP contribution in [0.5, 0.6) is 5.75 Å². The van der Waals surface area contributed by atoms with Crippen LogP contribution in [0.2, 0.25) is 0 Å². The number of benzene rings is 1. The molecule has 1 aromatic carbocycles. The molecule has 1 aromatic rings. The van der Waals surface area contributed by atoms with E-state index in [1.807, 2.05) is 0 Å². The molecule has 0 aromatic heterocycles. The van der Waals surface area contributed by atoms with E-state index in [0.29, 0.717) is 15.9 Å². The molecule has 0 unspecified atom stereocenters. The molecule has 0 amide bonds. The summed E-state index contributed by atoms with van der Waals surface area (Å²) in [6.45, 7) is -0.980. The fraction of sp³-hybridized carbons (Fsp3) is 0.400. The summed E-state index contributed by atoms with van der Waals surface area (Å²) in [6.07, 6.45) is -4.21. The summed E-state index contributed by atoms with van der Waals surface area (Å²) in [6, 6.07) is 4.78. The summed E-state index contributed by atoms with van der Waals surface area (Å²) in [7, 11) is 2.89. The van der Waals surface area contributed by atoms with Gasteiger partial charge in [0.25, 0.3) is 0 Å². The third kappa shape index (κ3) is 3.59. The molecule has 0 aliphatic carbocycles. The molecule has 0 aliphatic heterocycles. The highest BCUT2D eigenvalue weighted by Crippen LogP contribution is 2.30. The van der Waals surface area contributed by atoms with Crippen LogP contribution in [0.15, 0.2) is 22.7 Å². The van der Waals surface area contributed by atoms with E-state index in [1.54, 1.807) is 18.2 Å². The maximum atomic E-state index is 12.2. The van der Waals surface area contributed by atoms with Crippen molar-refractivity contribution in [3.05, 3.63) is 22.7 Å². The molecule has 2 nitrogen and oxygen atoms in total. The predicted octanol–water partition coefficient (Wildman–Crippen LogP) is 3.46. The first-order valence-corrected chi connectivity index (χ1v) is 5.24. The average molecular weight is 298 g/mol. The van der Waals surface area contributed by atoms with Gasteiger partial charge in [0, 0.05) is 12.7 Å². The van der Waals surface area contributed by atoms with Gasteiger partial charge in [-0.05, 0) is 34.1 Å². The first kappa shape index (κ1) is 13.2. The van der Waals surface area contributed by atoms with Crippen LogP contribution in [-0.2, 0) is 0 Å². The van der Waals surface area contributed by atoms with E-state index in [1.165, 1.54) is 14.2 Å². The van der Waals surface area contributed by atoms with Crippen molar-refractivity contribution in [3.8, 4) is 5.75 Å². The summed E-state index contributed by atoms with van der Waals surface area (Å²) in [5.41, 5.74) is 0.477. The molecule has 0 N–H and O–H groups in total. The second-order valence-corrected chi connectivity index (χ2v) is 4.14. The maximum Gasteiger partial charge on any atom is 0.405 e. The molecule has 0 aliphatic rings. The molecule has 0 saturated carbocycles. The Morgan fingerprint density at radius 1 is 1.38 bits per heavy atom. The molecule has 90 valence electrons. The lowest BCUT2D eigenvalue weighted by molar-refractivity contribution is -0.119. The van der Waals surface area contributed by atoms with Crippen molar-refractivity contribution in [2.75, 3.05) is 25.6 Å². The minimum Gasteiger partial charge on any atom is -0.496 e. The van der Waals surface area contributed by atoms with Crippen LogP contribution < -0.4 is 9.64 Å². The molecule has 0 fully saturated rings. The van der Waals surface area contributed by atoms with Crippen LogP contribution >= 0.6 is 15.9 Å². The minimum atomic E-state index is -4.21. The van der Waals surface area contributed by atoms with Crippen LogP contribution in [0.3, 0.4) is 0 Å². The fourth-order valence-corrected chi connectivity index (χ4v) is 1.78. The number of nitrogens with zero attached hydrogens (tertiary/aromatic N) is 1. The fourth-order valence-electron chi connectivity index (χ4n) is 1.25. The molecule has 0 saturated heterocycles. The Hall–Kier alpha value is -0.910. The number of halogens is 4. The molecule has 6 heteroatoms. The Morgan fingerprint density at radius 2 is 2.00 bits per heavy atom. The highest BCUT2D eigenvalue weighted by molar-refractivity contribution is 9.10. The summed E-state index contributed by atoms with van der Waals surface area (Å²) < 4.78 is 42.1. The van der Waals surface area contributed by atoms with Gasteiger partial charge in [0.05, 0.1) is 11.6 Å². The zero-order valence-electron chi connectivity index (χ0n) is 8.81. The Morgan fingerprint density at radius 3 is 2.44 bits per heavy atom. The van der Waals surface area contributed by atoms with Crippen LogP contribution in [0, 0.1) is 0 Å². The monoisotopic (exact) mass is 297 g/mol. The van der Waals surface area contributed by atoms with Gasteiger partial charge >= 0.3 is 6.18 Å². The van der Waals surface area contributed by atoms with E-state index in [-0.39, 0.29) is 0 Å². The zero-order valence-corrected chi connectivity index (χ0v) is 10.4. The average Bonchev–Trinajstić information content (AvgIpc) is 2.15. The highest BCUT2D eigenvalue weighted by atomic mass is 79.9. The number of anilines is 1. The Labute approximate surface area is 100 Å². The summed E-state index contributed by atoms with van der Waals surface area (Å²) in [4.78, 5) is 1.13. The van der Waals surface area contributed by atoms with E-state index >= 15 is 0 Å². The third-order valence-electron chi connectivity index (χ3n) is 1.99. The quantitative estimate of drug-likeness (QED) is 0.847. The molecule has 16 heavy (non-hydrogen) atoms. The smallest absolute Gasteiger partial charge is 0.405 e. The number of ether oxygens (including phenoxy) is 1. The van der Waals surface area contributed by atoms with Gasteiger partial charge in [-0.15, -0.1) is 0 Å². The van der Waals surface area contributed by atoms with Gasteiger partial charge in [-0.3, -0.25) is 0 Å². The van der Waals surface area contributed by atoms with Crippen molar-refractivity contribution in [1.82, 2.24) is 0 Å². The molecule has 0 atom stereocenters. The highest BCUT2D eigenvalue weighted by Gasteiger charge is 2.29. The number of hydrogen-bond donors (Lipinski definition) is 0. The lowest BCUT2D eigenvalue weighted by Gasteiger charge is -2.21. The van der Waals surface area contributed by atoms with E-state index in [0.717, 1.165) is 4.90 Å². The van der Waals surface area contributed by atoms with Gasteiger partial charge in [-0.1, -0.05) is 0 Å². The van der Waals surface area contributed by atoms with E-state index in [9.17, 15) is 13.2 Å². The lowest BCUT2D eigenvalue weighted by atomic mass is 10.3. The molecule has 0 bridgehead atoms. The van der Waals surface area contributed by atoms with Crippen molar-refractivity contribution in [3.63, 3.8) is 0 Å². The molecule has 0 spiro atoms. The molecular weight excluding hydrogens is 287 g/mol. The molecule has 0 heterocycles. The Bertz CT molecular complexity index is 368. The largest absolute Gasteiger partial charge is 0.496 e. The van der Waals surface area contributed by atoms with Crippen LogP contribution in [0.1, 0.15) is 0 Å². The third-order valence-corrected chi connectivity index (χ3v) is 2.61. The van der Waals surface area contributed by atoms with Crippen molar-refractivity contribution in [1.29, 1.82) is 0 Å². The van der Waals surface area contributed by atoms with E-state index < -0.39 is 12.7 Å². The van der Waals surface area contributed by atoms with E-state index in [4.69, 9.17) is 4.74 Å². The van der Waals surface area contributed by atoms with Gasteiger partial charge in [-0.2, -0.15) is 13.2 Å². The van der Waals surface area contributed by atoms with Crippen LogP contribution in [0.4, 0.5) is 18.9 Å². The van der Waals surface area contributed by atoms with Gasteiger partial charge in [0.15, 0.2) is 0 Å². The Kier molecular flexibility index (Phi) is 4.07. The first-order valence-electron chi connectivity index (χ1n) is 4.45. The maximum absolute atomic E-state index is 12.2. The molecule has 0 radical (unpaired) electrons. The van der Waals surface area contributed by atoms with E-state index in [2.05, 4.69) is 15.9 Å². The number of alkyl halides is 3. The van der Waals surface area contributed by atoms with Gasteiger partial charge < -0.3 is 9.64 Å². The summed E-state index contributed by atoms with van der Waals surface area (Å²) >= 11 is 3.22. The number of methoxy groups -OCH3 is 1. The summed E-state index contributed by atoms with van der Waals surface area (Å²) in [5, 5.41) is 0. The van der Waals surface area contributed by atoms with Gasteiger partial charge in [0.2, 0.25) is 0 Å². The van der Waals surface area contributed by atoms with Gasteiger partial charge in [-0.25, -0.2) is 0 Å². The molecular formula is C10H11BrF3NO. The lowest BCUT2D eigenvalue weighted by Crippen LogP contribution is -2.30. The van der Waals surface area contributed by atoms with Crippen molar-refractivity contribution in [2.45, 2.75) is 6.18 Å². The van der Waals surface area contributed by atoms with Crippen molar-refractivity contribution < 1.29 is 17.9 Å². The number of hydrogen-bond acceptors (Lipinski definition) is 2. The topological polar surface area (TPSA) is 12.5 Å². The first-order chi connectivity index (χ1) is 7.33. The van der Waals surface area contributed by atoms with Crippen LogP contribution in [-0.4, -0.2) is 26.9 Å². The van der Waals surface area contributed by atoms with Gasteiger partial charge in [0.1, 0.15) is 12.3 Å². The predicted molar refractivity (Wildman–Crippen MR) is 60.0 cm³/mol. The normalized spacial score (nSPS) is 11.4. The zero-order chi connectivity index (χ0) is 12.3. The van der Waals surface area contributed by atoms with Crippen molar-refractivity contribution in [2.24, 2.45) is 0 Å². The standard InChI is InChI=1S/C10H11BrF3NO/c1-15(6-10(12,13)14)7-3-4-9(16-2)8(11)5-7/h3-5H,6H2,1-2H3. The van der Waals surface area contributed by atoms with Crippen LogP contribution in [0.25, 0.3) is 0 Å². The van der Waals surface area contributed by atoms with Crippen molar-refractivity contribution >= 4 is 21.6 Å². The SMILES string of the molecule is COc1ccc(N(C)CC(F)(F)F)cc1Br.